The quantitative estimate of drug-likeness (QED) is 0.375. The Morgan fingerprint density at radius 3 is 2.80 bits per heavy atom. The van der Waals surface area contributed by atoms with Gasteiger partial charge in [-0.1, -0.05) is 6.92 Å². The first-order valence-electron chi connectivity index (χ1n) is 10.0. The average molecular weight is 409 g/mol. The van der Waals surface area contributed by atoms with Gasteiger partial charge in [0.25, 0.3) is 0 Å². The van der Waals surface area contributed by atoms with Crippen LogP contribution < -0.4 is 15.4 Å². The van der Waals surface area contributed by atoms with Crippen LogP contribution in [0.1, 0.15) is 45.6 Å². The van der Waals surface area contributed by atoms with Crippen molar-refractivity contribution in [2.24, 2.45) is 0 Å². The lowest BCUT2D eigenvalue weighted by Gasteiger charge is -2.20. The van der Waals surface area contributed by atoms with E-state index in [1.807, 2.05) is 32.0 Å². The largest absolute Gasteiger partial charge is 0.477 e. The summed E-state index contributed by atoms with van der Waals surface area (Å²) in [4.78, 5) is 13.3. The zero-order valence-corrected chi connectivity index (χ0v) is 17.8. The van der Waals surface area contributed by atoms with Crippen LogP contribution in [0.4, 0.5) is 11.4 Å². The number of hydrogen-bond acceptors (Lipinski definition) is 8. The van der Waals surface area contributed by atoms with E-state index in [0.29, 0.717) is 42.0 Å². The van der Waals surface area contributed by atoms with Crippen LogP contribution >= 0.6 is 0 Å². The molecule has 0 bridgehead atoms. The molecule has 0 fully saturated rings. The summed E-state index contributed by atoms with van der Waals surface area (Å²) in [6.07, 6.45) is 4.13. The fraction of sp³-hybridized carbons (Fsp3) is 0.381. The molecule has 3 aromatic rings. The molecule has 0 aromatic carbocycles. The average Bonchev–Trinajstić information content (AvgIpc) is 3.24. The molecule has 3 heterocycles. The maximum atomic E-state index is 8.31. The molecule has 4 N–H and O–H groups in total. The van der Waals surface area contributed by atoms with Crippen molar-refractivity contribution in [3.8, 4) is 17.1 Å². The summed E-state index contributed by atoms with van der Waals surface area (Å²) < 4.78 is 5.83. The van der Waals surface area contributed by atoms with Gasteiger partial charge in [-0.05, 0) is 45.4 Å². The van der Waals surface area contributed by atoms with Crippen molar-refractivity contribution in [2.75, 3.05) is 17.2 Å². The second-order valence-electron chi connectivity index (χ2n) is 7.18. The van der Waals surface area contributed by atoms with Gasteiger partial charge in [0.2, 0.25) is 5.88 Å². The van der Waals surface area contributed by atoms with Crippen LogP contribution in [0.3, 0.4) is 0 Å². The van der Waals surface area contributed by atoms with E-state index in [-0.39, 0.29) is 6.04 Å². The maximum absolute atomic E-state index is 8.31. The van der Waals surface area contributed by atoms with Gasteiger partial charge in [0, 0.05) is 12.2 Å². The van der Waals surface area contributed by atoms with Crippen LogP contribution in [0, 0.1) is 5.41 Å². The molecular formula is C21H28N8O. The van der Waals surface area contributed by atoms with E-state index >= 15 is 0 Å². The van der Waals surface area contributed by atoms with Crippen LogP contribution in [0.2, 0.25) is 0 Å². The first-order valence-corrected chi connectivity index (χ1v) is 10.0. The molecule has 0 spiro atoms. The fourth-order valence-electron chi connectivity index (χ4n) is 2.92. The molecular weight excluding hydrogens is 380 g/mol. The Morgan fingerprint density at radius 1 is 1.30 bits per heavy atom. The van der Waals surface area contributed by atoms with Crippen LogP contribution in [0.15, 0.2) is 30.7 Å². The third-order valence-electron chi connectivity index (χ3n) is 4.20. The Hall–Kier alpha value is -3.49. The van der Waals surface area contributed by atoms with Crippen LogP contribution in [0.5, 0.6) is 5.88 Å². The molecule has 9 heteroatoms. The molecule has 158 valence electrons. The SMILES string of the molecule is CCCOc1ncccc1-c1cc(NCc2nc[nH]n2)c(NC(C)C)c(C(C)=N)n1. The normalized spacial score (nSPS) is 10.8. The van der Waals surface area contributed by atoms with Crippen LogP contribution in [-0.4, -0.2) is 43.5 Å². The molecule has 0 aliphatic carbocycles. The van der Waals surface area contributed by atoms with E-state index in [1.165, 1.54) is 0 Å². The van der Waals surface area contributed by atoms with E-state index < -0.39 is 0 Å². The highest BCUT2D eigenvalue weighted by molar-refractivity contribution is 6.03. The zero-order chi connectivity index (χ0) is 21.5. The summed E-state index contributed by atoms with van der Waals surface area (Å²) in [6, 6.07) is 5.90. The van der Waals surface area contributed by atoms with E-state index in [9.17, 15) is 0 Å². The number of H-pyrrole nitrogens is 1. The minimum atomic E-state index is 0.168. The molecule has 0 saturated heterocycles. The molecule has 3 aromatic heterocycles. The van der Waals surface area contributed by atoms with Crippen LogP contribution in [0.25, 0.3) is 11.3 Å². The number of aromatic nitrogens is 5. The topological polar surface area (TPSA) is 124 Å². The van der Waals surface area contributed by atoms with Crippen molar-refractivity contribution in [1.82, 2.24) is 25.1 Å². The minimum absolute atomic E-state index is 0.168. The molecule has 0 atom stereocenters. The Kier molecular flexibility index (Phi) is 6.95. The third-order valence-corrected chi connectivity index (χ3v) is 4.20. The molecule has 0 aliphatic heterocycles. The fourth-order valence-corrected chi connectivity index (χ4v) is 2.92. The van der Waals surface area contributed by atoms with Crippen molar-refractivity contribution >= 4 is 17.1 Å². The second kappa shape index (κ2) is 9.82. The molecule has 0 aliphatic rings. The van der Waals surface area contributed by atoms with Gasteiger partial charge in [-0.15, -0.1) is 0 Å². The van der Waals surface area contributed by atoms with Gasteiger partial charge >= 0.3 is 0 Å². The van der Waals surface area contributed by atoms with E-state index in [2.05, 4.69) is 37.7 Å². The number of pyridine rings is 2. The lowest BCUT2D eigenvalue weighted by Crippen LogP contribution is -2.17. The highest BCUT2D eigenvalue weighted by Gasteiger charge is 2.19. The van der Waals surface area contributed by atoms with Crippen molar-refractivity contribution in [1.29, 1.82) is 5.41 Å². The summed E-state index contributed by atoms with van der Waals surface area (Å²) in [7, 11) is 0. The Morgan fingerprint density at radius 2 is 2.13 bits per heavy atom. The maximum Gasteiger partial charge on any atom is 0.222 e. The second-order valence-corrected chi connectivity index (χ2v) is 7.18. The van der Waals surface area contributed by atoms with Crippen LogP contribution in [-0.2, 0) is 6.54 Å². The van der Waals surface area contributed by atoms with Gasteiger partial charge in [0.1, 0.15) is 12.0 Å². The monoisotopic (exact) mass is 408 g/mol. The van der Waals surface area contributed by atoms with Gasteiger partial charge in [-0.2, -0.15) is 5.10 Å². The zero-order valence-electron chi connectivity index (χ0n) is 17.8. The predicted molar refractivity (Wildman–Crippen MR) is 118 cm³/mol. The van der Waals surface area contributed by atoms with Crippen molar-refractivity contribution in [3.63, 3.8) is 0 Å². The number of nitrogens with zero attached hydrogens (tertiary/aromatic N) is 4. The summed E-state index contributed by atoms with van der Waals surface area (Å²) in [5, 5.41) is 21.9. The van der Waals surface area contributed by atoms with E-state index in [4.69, 9.17) is 15.1 Å². The predicted octanol–water partition coefficient (Wildman–Crippen LogP) is 3.87. The number of rotatable bonds is 10. The minimum Gasteiger partial charge on any atom is -0.477 e. The summed E-state index contributed by atoms with van der Waals surface area (Å²) >= 11 is 0. The standard InChI is InChI=1S/C21H28N8O/c1-5-9-30-21-15(7-6-8-23-21)16-10-17(24-11-18-25-12-26-29-18)20(27-13(2)3)19(28-16)14(4)22/h6-8,10,12-13,22,27H,5,9,11H2,1-4H3,(H,24,28)(H,25,26,29). The van der Waals surface area contributed by atoms with Crippen molar-refractivity contribution in [2.45, 2.75) is 46.7 Å². The van der Waals surface area contributed by atoms with Gasteiger partial charge in [0.15, 0.2) is 5.82 Å². The molecule has 3 rings (SSSR count). The highest BCUT2D eigenvalue weighted by Crippen LogP contribution is 2.34. The highest BCUT2D eigenvalue weighted by atomic mass is 16.5. The molecule has 0 unspecified atom stereocenters. The lowest BCUT2D eigenvalue weighted by molar-refractivity contribution is 0.306. The first-order chi connectivity index (χ1) is 14.5. The van der Waals surface area contributed by atoms with E-state index in [1.54, 1.807) is 19.4 Å². The molecule has 30 heavy (non-hydrogen) atoms. The van der Waals surface area contributed by atoms with Crippen molar-refractivity contribution < 1.29 is 4.74 Å². The number of ether oxygens (including phenoxy) is 1. The molecule has 0 radical (unpaired) electrons. The number of hydrogen-bond donors (Lipinski definition) is 4. The molecule has 0 amide bonds. The Balaban J connectivity index is 2.09. The third kappa shape index (κ3) is 5.11. The number of anilines is 2. The van der Waals surface area contributed by atoms with E-state index in [0.717, 1.165) is 23.4 Å². The van der Waals surface area contributed by atoms with Gasteiger partial charge in [-0.3, -0.25) is 5.10 Å². The molecule has 0 saturated carbocycles. The Labute approximate surface area is 176 Å². The summed E-state index contributed by atoms with van der Waals surface area (Å²) in [5.74, 6) is 1.18. The van der Waals surface area contributed by atoms with Gasteiger partial charge < -0.3 is 20.8 Å². The van der Waals surface area contributed by atoms with Crippen molar-refractivity contribution in [3.05, 3.63) is 42.2 Å². The summed E-state index contributed by atoms with van der Waals surface area (Å²) in [6.45, 7) is 8.89. The number of nitrogens with one attached hydrogen (secondary N) is 4. The van der Waals surface area contributed by atoms with Gasteiger partial charge in [0.05, 0.1) is 41.5 Å². The lowest BCUT2D eigenvalue weighted by atomic mass is 10.1. The first kappa shape index (κ1) is 21.2. The van der Waals surface area contributed by atoms with Gasteiger partial charge in [-0.25, -0.2) is 15.0 Å². The molecule has 9 nitrogen and oxygen atoms in total. The smallest absolute Gasteiger partial charge is 0.222 e. The number of aromatic amines is 1. The Bertz CT molecular complexity index is 985. The summed E-state index contributed by atoms with van der Waals surface area (Å²) in [5.41, 5.74) is 3.99.